The number of nitrogens with zero attached hydrogens (tertiary/aromatic N) is 1. The molecular formula is C16H26N2O3. The van der Waals surface area contributed by atoms with Crippen molar-refractivity contribution in [1.29, 1.82) is 0 Å². The third kappa shape index (κ3) is 7.11. The molecule has 0 atom stereocenters. The summed E-state index contributed by atoms with van der Waals surface area (Å²) in [5.41, 5.74) is 0.753. The van der Waals surface area contributed by atoms with E-state index in [1.54, 1.807) is 0 Å². The van der Waals surface area contributed by atoms with Crippen LogP contribution in [0.5, 0.6) is 5.75 Å². The van der Waals surface area contributed by atoms with Gasteiger partial charge in [-0.3, -0.25) is 9.69 Å². The summed E-state index contributed by atoms with van der Waals surface area (Å²) in [5.74, 6) is 0.726. The van der Waals surface area contributed by atoms with Crippen LogP contribution in [0.4, 0.5) is 5.69 Å². The van der Waals surface area contributed by atoms with Crippen LogP contribution in [0.15, 0.2) is 24.3 Å². The van der Waals surface area contributed by atoms with Gasteiger partial charge in [-0.15, -0.1) is 0 Å². The Kier molecular flexibility index (Phi) is 8.47. The van der Waals surface area contributed by atoms with Crippen LogP contribution >= 0.6 is 0 Å². The van der Waals surface area contributed by atoms with Crippen molar-refractivity contribution < 1.29 is 14.6 Å². The highest BCUT2D eigenvalue weighted by molar-refractivity contribution is 5.92. The smallest absolute Gasteiger partial charge is 0.238 e. The number of aliphatic hydroxyl groups is 1. The number of hydrogen-bond donors (Lipinski definition) is 2. The highest BCUT2D eigenvalue weighted by Crippen LogP contribution is 2.15. The van der Waals surface area contributed by atoms with Crippen LogP contribution < -0.4 is 10.1 Å². The van der Waals surface area contributed by atoms with Gasteiger partial charge in [-0.05, 0) is 44.2 Å². The summed E-state index contributed by atoms with van der Waals surface area (Å²) < 4.78 is 5.36. The second-order valence-electron chi connectivity index (χ2n) is 4.86. The lowest BCUT2D eigenvalue weighted by atomic mass is 10.3. The molecule has 118 valence electrons. The minimum absolute atomic E-state index is 0.0660. The highest BCUT2D eigenvalue weighted by atomic mass is 16.5. The number of aliphatic hydroxyl groups excluding tert-OH is 1. The van der Waals surface area contributed by atoms with Gasteiger partial charge in [0.05, 0.1) is 19.8 Å². The molecule has 0 unspecified atom stereocenters. The molecule has 0 heterocycles. The third-order valence-corrected chi connectivity index (χ3v) is 3.06. The molecule has 5 heteroatoms. The number of amides is 1. The standard InChI is InChI=1S/C16H26N2O3/c1-3-5-10-18(11-12-19)13-16(20)17-14-6-8-15(9-7-14)21-4-2/h6-9,19H,3-5,10-13H2,1-2H3,(H,17,20). The number of unbranched alkanes of at least 4 members (excludes halogenated alkanes) is 1. The molecule has 5 nitrogen and oxygen atoms in total. The number of benzene rings is 1. The Balaban J connectivity index is 2.46. The number of hydrogen-bond acceptors (Lipinski definition) is 4. The minimum Gasteiger partial charge on any atom is -0.494 e. The lowest BCUT2D eigenvalue weighted by Gasteiger charge is -2.20. The van der Waals surface area contributed by atoms with E-state index in [0.717, 1.165) is 30.8 Å². The Hall–Kier alpha value is -1.59. The zero-order chi connectivity index (χ0) is 15.5. The minimum atomic E-state index is -0.0660. The average molecular weight is 294 g/mol. The normalized spacial score (nSPS) is 10.7. The molecule has 2 N–H and O–H groups in total. The summed E-state index contributed by atoms with van der Waals surface area (Å²) in [7, 11) is 0. The van der Waals surface area contributed by atoms with E-state index in [0.29, 0.717) is 19.7 Å². The summed E-state index contributed by atoms with van der Waals surface area (Å²) >= 11 is 0. The third-order valence-electron chi connectivity index (χ3n) is 3.06. The van der Waals surface area contributed by atoms with Gasteiger partial charge in [0, 0.05) is 12.2 Å². The molecule has 0 fully saturated rings. The van der Waals surface area contributed by atoms with Crippen molar-refractivity contribution in [3.8, 4) is 5.75 Å². The van der Waals surface area contributed by atoms with Gasteiger partial charge in [0.1, 0.15) is 5.75 Å². The predicted molar refractivity (Wildman–Crippen MR) is 84.7 cm³/mol. The Morgan fingerprint density at radius 3 is 2.52 bits per heavy atom. The average Bonchev–Trinajstić information content (AvgIpc) is 2.47. The largest absolute Gasteiger partial charge is 0.494 e. The van der Waals surface area contributed by atoms with Crippen molar-refractivity contribution >= 4 is 11.6 Å². The van der Waals surface area contributed by atoms with Crippen molar-refractivity contribution in [1.82, 2.24) is 4.90 Å². The van der Waals surface area contributed by atoms with E-state index in [2.05, 4.69) is 12.2 Å². The highest BCUT2D eigenvalue weighted by Gasteiger charge is 2.10. The molecule has 0 aliphatic carbocycles. The Labute approximate surface area is 126 Å². The maximum atomic E-state index is 12.0. The van der Waals surface area contributed by atoms with Gasteiger partial charge in [0.2, 0.25) is 5.91 Å². The molecule has 1 aromatic carbocycles. The summed E-state index contributed by atoms with van der Waals surface area (Å²) in [6, 6.07) is 7.32. The fourth-order valence-corrected chi connectivity index (χ4v) is 2.00. The molecule has 1 rings (SSSR count). The van der Waals surface area contributed by atoms with Gasteiger partial charge in [-0.1, -0.05) is 13.3 Å². The second kappa shape index (κ2) is 10.2. The number of rotatable bonds is 10. The summed E-state index contributed by atoms with van der Waals surface area (Å²) in [4.78, 5) is 14.0. The van der Waals surface area contributed by atoms with E-state index >= 15 is 0 Å². The number of nitrogens with one attached hydrogen (secondary N) is 1. The van der Waals surface area contributed by atoms with Gasteiger partial charge in [0.15, 0.2) is 0 Å². The number of carbonyl (C=O) groups excluding carboxylic acids is 1. The van der Waals surface area contributed by atoms with Gasteiger partial charge in [-0.2, -0.15) is 0 Å². The molecular weight excluding hydrogens is 268 g/mol. The molecule has 0 saturated heterocycles. The second-order valence-corrected chi connectivity index (χ2v) is 4.86. The van der Waals surface area contributed by atoms with Gasteiger partial charge in [-0.25, -0.2) is 0 Å². The number of carbonyl (C=O) groups is 1. The van der Waals surface area contributed by atoms with E-state index in [4.69, 9.17) is 9.84 Å². The number of anilines is 1. The van der Waals surface area contributed by atoms with E-state index in [1.807, 2.05) is 36.1 Å². The first kappa shape index (κ1) is 17.5. The maximum Gasteiger partial charge on any atom is 0.238 e. The van der Waals surface area contributed by atoms with Crippen LogP contribution in [0, 0.1) is 0 Å². The zero-order valence-electron chi connectivity index (χ0n) is 13.0. The Morgan fingerprint density at radius 1 is 1.24 bits per heavy atom. The molecule has 21 heavy (non-hydrogen) atoms. The monoisotopic (exact) mass is 294 g/mol. The molecule has 0 saturated carbocycles. The SMILES string of the molecule is CCCCN(CCO)CC(=O)Nc1ccc(OCC)cc1. The van der Waals surface area contributed by atoms with Crippen molar-refractivity contribution in [3.63, 3.8) is 0 Å². The molecule has 0 aliphatic rings. The fourth-order valence-electron chi connectivity index (χ4n) is 2.00. The van der Waals surface area contributed by atoms with E-state index in [1.165, 1.54) is 0 Å². The van der Waals surface area contributed by atoms with Gasteiger partial charge < -0.3 is 15.2 Å². The molecule has 1 amide bonds. The molecule has 0 aromatic heterocycles. The summed E-state index contributed by atoms with van der Waals surface area (Å²) in [6.07, 6.45) is 2.10. The molecule has 0 radical (unpaired) electrons. The number of ether oxygens (including phenoxy) is 1. The van der Waals surface area contributed by atoms with Crippen molar-refractivity contribution in [2.45, 2.75) is 26.7 Å². The molecule has 0 aliphatic heterocycles. The van der Waals surface area contributed by atoms with Crippen LogP contribution in [-0.4, -0.2) is 48.8 Å². The first-order chi connectivity index (χ1) is 10.2. The lowest BCUT2D eigenvalue weighted by Crippen LogP contribution is -2.35. The van der Waals surface area contributed by atoms with Crippen LogP contribution in [0.1, 0.15) is 26.7 Å². The van der Waals surface area contributed by atoms with Crippen LogP contribution in [-0.2, 0) is 4.79 Å². The Morgan fingerprint density at radius 2 is 1.95 bits per heavy atom. The van der Waals surface area contributed by atoms with E-state index in [-0.39, 0.29) is 12.5 Å². The first-order valence-electron chi connectivity index (χ1n) is 7.55. The van der Waals surface area contributed by atoms with Gasteiger partial charge in [0.25, 0.3) is 0 Å². The van der Waals surface area contributed by atoms with Crippen molar-refractivity contribution in [2.75, 3.05) is 38.2 Å². The van der Waals surface area contributed by atoms with Crippen molar-refractivity contribution in [2.24, 2.45) is 0 Å². The van der Waals surface area contributed by atoms with Crippen LogP contribution in [0.25, 0.3) is 0 Å². The predicted octanol–water partition coefficient (Wildman–Crippen LogP) is 2.12. The Bertz CT molecular complexity index is 406. The zero-order valence-corrected chi connectivity index (χ0v) is 13.0. The lowest BCUT2D eigenvalue weighted by molar-refractivity contribution is -0.117. The summed E-state index contributed by atoms with van der Waals surface area (Å²) in [5, 5.41) is 11.9. The molecule has 0 spiro atoms. The van der Waals surface area contributed by atoms with E-state index < -0.39 is 0 Å². The van der Waals surface area contributed by atoms with Crippen molar-refractivity contribution in [3.05, 3.63) is 24.3 Å². The quantitative estimate of drug-likeness (QED) is 0.694. The first-order valence-corrected chi connectivity index (χ1v) is 7.55. The molecule has 1 aromatic rings. The topological polar surface area (TPSA) is 61.8 Å². The maximum absolute atomic E-state index is 12.0. The molecule has 0 bridgehead atoms. The van der Waals surface area contributed by atoms with Crippen LogP contribution in [0.3, 0.4) is 0 Å². The van der Waals surface area contributed by atoms with Gasteiger partial charge >= 0.3 is 0 Å². The summed E-state index contributed by atoms with van der Waals surface area (Å²) in [6.45, 7) is 6.39. The fraction of sp³-hybridized carbons (Fsp3) is 0.562. The van der Waals surface area contributed by atoms with E-state index in [9.17, 15) is 4.79 Å². The van der Waals surface area contributed by atoms with Crippen LogP contribution in [0.2, 0.25) is 0 Å².